The number of rotatable bonds is 5. The van der Waals surface area contributed by atoms with Crippen molar-refractivity contribution >= 4 is 22.8 Å². The van der Waals surface area contributed by atoms with E-state index in [0.717, 1.165) is 13.0 Å². The van der Waals surface area contributed by atoms with Gasteiger partial charge in [-0.2, -0.15) is 0 Å². The number of nitrogens with zero attached hydrogens (tertiary/aromatic N) is 2. The van der Waals surface area contributed by atoms with Gasteiger partial charge in [0, 0.05) is 18.1 Å². The molecule has 0 aliphatic rings. The van der Waals surface area contributed by atoms with Crippen LogP contribution in [-0.4, -0.2) is 27.6 Å². The predicted octanol–water partition coefficient (Wildman–Crippen LogP) is 2.79. The molecule has 0 saturated heterocycles. The molecule has 1 aromatic heterocycles. The fraction of sp³-hybridized carbons (Fsp3) is 0.357. The molecule has 0 amide bonds. The van der Waals surface area contributed by atoms with Crippen LogP contribution in [0.15, 0.2) is 24.4 Å². The van der Waals surface area contributed by atoms with Crippen LogP contribution in [-0.2, 0) is 0 Å². The lowest BCUT2D eigenvalue weighted by molar-refractivity contribution is 0.0699. The maximum Gasteiger partial charge on any atom is 0.336 e. The van der Waals surface area contributed by atoms with E-state index in [1.165, 1.54) is 0 Å². The number of fused-ring (bicyclic) bond motifs is 1. The molecule has 0 aliphatic carbocycles. The van der Waals surface area contributed by atoms with Gasteiger partial charge in [0.25, 0.3) is 0 Å². The molecule has 100 valence electrons. The van der Waals surface area contributed by atoms with Crippen molar-refractivity contribution in [3.05, 3.63) is 30.0 Å². The van der Waals surface area contributed by atoms with E-state index in [2.05, 4.69) is 29.1 Å². The number of aromatic carboxylic acids is 1. The standard InChI is InChI=1S/C14H17N3O2/c1-9(2)6-7-15-14-16-8-11-10(13(18)19)4-3-5-12(11)17-14/h3-5,8-9H,6-7H2,1-2H3,(H,18,19)(H,15,16,17). The van der Waals surface area contributed by atoms with Gasteiger partial charge in [0.15, 0.2) is 0 Å². The molecule has 0 unspecified atom stereocenters. The lowest BCUT2D eigenvalue weighted by Crippen LogP contribution is -2.08. The molecular weight excluding hydrogens is 242 g/mol. The number of hydrogen-bond donors (Lipinski definition) is 2. The van der Waals surface area contributed by atoms with Gasteiger partial charge in [-0.3, -0.25) is 0 Å². The molecule has 2 rings (SSSR count). The molecule has 0 saturated carbocycles. The molecule has 19 heavy (non-hydrogen) atoms. The van der Waals surface area contributed by atoms with Crippen LogP contribution in [0.2, 0.25) is 0 Å². The van der Waals surface area contributed by atoms with Gasteiger partial charge in [-0.1, -0.05) is 19.9 Å². The van der Waals surface area contributed by atoms with E-state index >= 15 is 0 Å². The molecule has 2 aromatic rings. The second kappa shape index (κ2) is 5.65. The zero-order valence-electron chi connectivity index (χ0n) is 11.1. The average molecular weight is 259 g/mol. The van der Waals surface area contributed by atoms with Gasteiger partial charge in [-0.25, -0.2) is 14.8 Å². The summed E-state index contributed by atoms with van der Waals surface area (Å²) >= 11 is 0. The van der Waals surface area contributed by atoms with Crippen molar-refractivity contribution in [2.24, 2.45) is 5.92 Å². The Morgan fingerprint density at radius 3 is 2.89 bits per heavy atom. The Morgan fingerprint density at radius 1 is 1.42 bits per heavy atom. The van der Waals surface area contributed by atoms with Crippen molar-refractivity contribution < 1.29 is 9.90 Å². The van der Waals surface area contributed by atoms with Crippen LogP contribution in [0, 0.1) is 5.92 Å². The van der Waals surface area contributed by atoms with Gasteiger partial charge in [-0.15, -0.1) is 0 Å². The Labute approximate surface area is 111 Å². The minimum absolute atomic E-state index is 0.228. The van der Waals surface area contributed by atoms with Gasteiger partial charge in [0.1, 0.15) is 0 Å². The molecule has 1 heterocycles. The quantitative estimate of drug-likeness (QED) is 0.863. The number of benzene rings is 1. The topological polar surface area (TPSA) is 75.1 Å². The van der Waals surface area contributed by atoms with Crippen LogP contribution in [0.5, 0.6) is 0 Å². The molecule has 5 nitrogen and oxygen atoms in total. The van der Waals surface area contributed by atoms with E-state index in [4.69, 9.17) is 5.11 Å². The van der Waals surface area contributed by atoms with Crippen molar-refractivity contribution in [3.63, 3.8) is 0 Å². The molecule has 2 N–H and O–H groups in total. The van der Waals surface area contributed by atoms with E-state index in [0.29, 0.717) is 22.8 Å². The van der Waals surface area contributed by atoms with Crippen molar-refractivity contribution in [1.82, 2.24) is 9.97 Å². The first kappa shape index (κ1) is 13.3. The highest BCUT2D eigenvalue weighted by Gasteiger charge is 2.09. The smallest absolute Gasteiger partial charge is 0.336 e. The Bertz CT molecular complexity index is 596. The van der Waals surface area contributed by atoms with E-state index < -0.39 is 5.97 Å². The van der Waals surface area contributed by atoms with Crippen molar-refractivity contribution in [3.8, 4) is 0 Å². The number of carbonyl (C=O) groups is 1. The van der Waals surface area contributed by atoms with Crippen molar-refractivity contribution in [1.29, 1.82) is 0 Å². The minimum Gasteiger partial charge on any atom is -0.478 e. The molecule has 5 heteroatoms. The second-order valence-corrected chi connectivity index (χ2v) is 4.85. The largest absolute Gasteiger partial charge is 0.478 e. The Balaban J connectivity index is 2.24. The lowest BCUT2D eigenvalue weighted by Gasteiger charge is -2.08. The fourth-order valence-electron chi connectivity index (χ4n) is 1.80. The molecule has 0 atom stereocenters. The predicted molar refractivity (Wildman–Crippen MR) is 74.4 cm³/mol. The van der Waals surface area contributed by atoms with Gasteiger partial charge in [-0.05, 0) is 24.5 Å². The lowest BCUT2D eigenvalue weighted by atomic mass is 10.1. The highest BCUT2D eigenvalue weighted by molar-refractivity contribution is 6.02. The maximum absolute atomic E-state index is 11.1. The van der Waals surface area contributed by atoms with Gasteiger partial charge >= 0.3 is 5.97 Å². The highest BCUT2D eigenvalue weighted by Crippen LogP contribution is 2.17. The first-order chi connectivity index (χ1) is 9.08. The normalized spacial score (nSPS) is 10.9. The molecule has 1 aromatic carbocycles. The zero-order chi connectivity index (χ0) is 13.8. The number of carboxylic acids is 1. The van der Waals surface area contributed by atoms with Crippen LogP contribution in [0.4, 0.5) is 5.95 Å². The highest BCUT2D eigenvalue weighted by atomic mass is 16.4. The van der Waals surface area contributed by atoms with E-state index in [9.17, 15) is 4.79 Å². The SMILES string of the molecule is CC(C)CCNc1ncc2c(C(=O)O)cccc2n1. The number of anilines is 1. The van der Waals surface area contributed by atoms with Crippen LogP contribution in [0.25, 0.3) is 10.9 Å². The van der Waals surface area contributed by atoms with Crippen LogP contribution < -0.4 is 5.32 Å². The zero-order valence-corrected chi connectivity index (χ0v) is 11.1. The monoisotopic (exact) mass is 259 g/mol. The Kier molecular flexibility index (Phi) is 3.94. The van der Waals surface area contributed by atoms with Gasteiger partial charge in [0.2, 0.25) is 5.95 Å². The molecule has 0 fully saturated rings. The van der Waals surface area contributed by atoms with Gasteiger partial charge < -0.3 is 10.4 Å². The maximum atomic E-state index is 11.1. The number of nitrogens with one attached hydrogen (secondary N) is 1. The summed E-state index contributed by atoms with van der Waals surface area (Å²) in [5.74, 6) is 0.192. The first-order valence-corrected chi connectivity index (χ1v) is 6.31. The van der Waals surface area contributed by atoms with E-state index in [1.807, 2.05) is 0 Å². The summed E-state index contributed by atoms with van der Waals surface area (Å²) in [6, 6.07) is 5.04. The summed E-state index contributed by atoms with van der Waals surface area (Å²) in [4.78, 5) is 19.6. The first-order valence-electron chi connectivity index (χ1n) is 6.31. The number of carboxylic acid groups (broad SMARTS) is 1. The van der Waals surface area contributed by atoms with Gasteiger partial charge in [0.05, 0.1) is 11.1 Å². The van der Waals surface area contributed by atoms with E-state index in [1.54, 1.807) is 24.4 Å². The van der Waals surface area contributed by atoms with Crippen LogP contribution in [0.1, 0.15) is 30.6 Å². The van der Waals surface area contributed by atoms with Crippen molar-refractivity contribution in [2.45, 2.75) is 20.3 Å². The third-order valence-corrected chi connectivity index (χ3v) is 2.86. The third kappa shape index (κ3) is 3.19. The summed E-state index contributed by atoms with van der Waals surface area (Å²) in [6.45, 7) is 5.12. The third-order valence-electron chi connectivity index (χ3n) is 2.86. The summed E-state index contributed by atoms with van der Waals surface area (Å²) < 4.78 is 0. The second-order valence-electron chi connectivity index (χ2n) is 4.85. The Morgan fingerprint density at radius 2 is 2.21 bits per heavy atom. The minimum atomic E-state index is -0.963. The van der Waals surface area contributed by atoms with E-state index in [-0.39, 0.29) is 5.56 Å². The molecule has 0 radical (unpaired) electrons. The summed E-state index contributed by atoms with van der Waals surface area (Å²) in [6.07, 6.45) is 2.60. The number of aromatic nitrogens is 2. The summed E-state index contributed by atoms with van der Waals surface area (Å²) in [5, 5.41) is 12.8. The average Bonchev–Trinajstić information content (AvgIpc) is 2.37. The fourth-order valence-corrected chi connectivity index (χ4v) is 1.80. The van der Waals surface area contributed by atoms with Crippen LogP contribution in [0.3, 0.4) is 0 Å². The molecular formula is C14H17N3O2. The molecule has 0 aliphatic heterocycles. The number of hydrogen-bond acceptors (Lipinski definition) is 4. The summed E-state index contributed by atoms with van der Waals surface area (Å²) in [7, 11) is 0. The summed E-state index contributed by atoms with van der Waals surface area (Å²) in [5.41, 5.74) is 0.869. The molecule has 0 bridgehead atoms. The van der Waals surface area contributed by atoms with Crippen LogP contribution >= 0.6 is 0 Å². The van der Waals surface area contributed by atoms with Crippen molar-refractivity contribution in [2.75, 3.05) is 11.9 Å². The Hall–Kier alpha value is -2.17. The molecule has 0 spiro atoms.